The van der Waals surface area contributed by atoms with Gasteiger partial charge in [0.25, 0.3) is 0 Å². The number of aliphatic imine (C=N–C) groups is 1. The first-order valence-electron chi connectivity index (χ1n) is 10.0. The summed E-state index contributed by atoms with van der Waals surface area (Å²) in [5.74, 6) is 1.36. The first-order valence-corrected chi connectivity index (χ1v) is 10.0. The summed E-state index contributed by atoms with van der Waals surface area (Å²) in [5, 5.41) is 6.40. The van der Waals surface area contributed by atoms with Gasteiger partial charge in [-0.05, 0) is 31.4 Å². The molecule has 2 N–H and O–H groups in total. The number of benzene rings is 1. The van der Waals surface area contributed by atoms with E-state index < -0.39 is 0 Å². The third kappa shape index (κ3) is 8.29. The zero-order chi connectivity index (χ0) is 21.1. The van der Waals surface area contributed by atoms with E-state index in [-0.39, 0.29) is 18.6 Å². The molecule has 8 heteroatoms. The van der Waals surface area contributed by atoms with Crippen LogP contribution in [0.4, 0.5) is 0 Å². The second-order valence-electron chi connectivity index (χ2n) is 7.27. The number of aryl methyl sites for hydroxylation is 1. The summed E-state index contributed by atoms with van der Waals surface area (Å²) in [6.07, 6.45) is 2.29. The molecule has 1 atom stereocenters. The summed E-state index contributed by atoms with van der Waals surface area (Å²) in [5.41, 5.74) is 2.10. The lowest BCUT2D eigenvalue weighted by Gasteiger charge is -2.17. The second kappa shape index (κ2) is 12.3. The number of hydrogen-bond acceptors (Lipinski definition) is 5. The van der Waals surface area contributed by atoms with Crippen molar-refractivity contribution in [1.29, 1.82) is 0 Å². The maximum absolute atomic E-state index is 11.9. The average Bonchev–Trinajstić information content (AvgIpc) is 3.22. The number of carbonyl (C=O) groups excluding carboxylic acids is 1. The van der Waals surface area contributed by atoms with Crippen LogP contribution in [-0.4, -0.2) is 77.0 Å². The van der Waals surface area contributed by atoms with Crippen molar-refractivity contribution < 1.29 is 19.0 Å². The highest BCUT2D eigenvalue weighted by molar-refractivity contribution is 5.86. The molecule has 29 heavy (non-hydrogen) atoms. The van der Waals surface area contributed by atoms with Crippen molar-refractivity contribution in [2.24, 2.45) is 4.99 Å². The van der Waals surface area contributed by atoms with Crippen molar-refractivity contribution in [2.75, 3.05) is 54.1 Å². The minimum atomic E-state index is -0.0180. The lowest BCUT2D eigenvalue weighted by atomic mass is 10.1. The zero-order valence-corrected chi connectivity index (χ0v) is 18.0. The molecule has 8 nitrogen and oxygen atoms in total. The molecular formula is C21H34N4O4. The standard InChI is InChI=1S/C21H34N4O4/c1-16-7-8-17(19(12-16)29-11-10-27-4)13-22-21(24-15-20(26)25(2)3)23-14-18-6-5-9-28-18/h7-8,12,18H,5-6,9-11,13-15H2,1-4H3,(H2,22,23,24). The van der Waals surface area contributed by atoms with Crippen LogP contribution in [0.2, 0.25) is 0 Å². The van der Waals surface area contributed by atoms with Gasteiger partial charge in [0.05, 0.1) is 25.8 Å². The third-order valence-electron chi connectivity index (χ3n) is 4.60. The number of ether oxygens (including phenoxy) is 3. The van der Waals surface area contributed by atoms with Crippen LogP contribution < -0.4 is 15.4 Å². The van der Waals surface area contributed by atoms with Crippen molar-refractivity contribution >= 4 is 11.9 Å². The van der Waals surface area contributed by atoms with Gasteiger partial charge in [-0.25, -0.2) is 4.99 Å². The van der Waals surface area contributed by atoms with E-state index in [0.717, 1.165) is 36.3 Å². The number of guanidine groups is 1. The molecule has 1 aromatic rings. The van der Waals surface area contributed by atoms with Gasteiger partial charge in [0.2, 0.25) is 5.91 Å². The normalized spacial score (nSPS) is 16.6. The molecule has 0 saturated carbocycles. The van der Waals surface area contributed by atoms with Gasteiger partial charge >= 0.3 is 0 Å². The molecular weight excluding hydrogens is 372 g/mol. The van der Waals surface area contributed by atoms with E-state index in [1.54, 1.807) is 26.1 Å². The smallest absolute Gasteiger partial charge is 0.241 e. The van der Waals surface area contributed by atoms with Crippen molar-refractivity contribution in [3.05, 3.63) is 29.3 Å². The molecule has 0 aliphatic carbocycles. The molecule has 1 aliphatic rings. The van der Waals surface area contributed by atoms with Crippen molar-refractivity contribution in [1.82, 2.24) is 15.5 Å². The maximum Gasteiger partial charge on any atom is 0.241 e. The molecule has 0 spiro atoms. The highest BCUT2D eigenvalue weighted by Gasteiger charge is 2.16. The largest absolute Gasteiger partial charge is 0.491 e. The number of nitrogens with one attached hydrogen (secondary N) is 2. The van der Waals surface area contributed by atoms with Crippen LogP contribution in [0.25, 0.3) is 0 Å². The predicted molar refractivity (Wildman–Crippen MR) is 113 cm³/mol. The van der Waals surface area contributed by atoms with Crippen LogP contribution in [0.5, 0.6) is 5.75 Å². The summed E-state index contributed by atoms with van der Waals surface area (Å²) in [6.45, 7) is 5.10. The molecule has 1 aromatic carbocycles. The Labute approximate surface area is 173 Å². The van der Waals surface area contributed by atoms with E-state index in [4.69, 9.17) is 14.2 Å². The Balaban J connectivity index is 2.04. The highest BCUT2D eigenvalue weighted by Crippen LogP contribution is 2.21. The van der Waals surface area contributed by atoms with Gasteiger partial charge < -0.3 is 29.7 Å². The summed E-state index contributed by atoms with van der Waals surface area (Å²) in [6, 6.07) is 6.06. The summed E-state index contributed by atoms with van der Waals surface area (Å²) < 4.78 is 16.6. The average molecular weight is 407 g/mol. The van der Waals surface area contributed by atoms with Gasteiger partial charge in [-0.3, -0.25) is 4.79 Å². The Bertz CT molecular complexity index is 673. The van der Waals surface area contributed by atoms with Gasteiger partial charge in [-0.15, -0.1) is 0 Å². The summed E-state index contributed by atoms with van der Waals surface area (Å²) in [4.78, 5) is 18.2. The molecule has 1 fully saturated rings. The number of likely N-dealkylation sites (N-methyl/N-ethyl adjacent to an activating group) is 1. The molecule has 1 unspecified atom stereocenters. The zero-order valence-electron chi connectivity index (χ0n) is 18.0. The lowest BCUT2D eigenvalue weighted by molar-refractivity contribution is -0.127. The minimum absolute atomic E-state index is 0.0180. The molecule has 2 rings (SSSR count). The Morgan fingerprint density at radius 2 is 2.14 bits per heavy atom. The Morgan fingerprint density at radius 3 is 2.83 bits per heavy atom. The quantitative estimate of drug-likeness (QED) is 0.346. The van der Waals surface area contributed by atoms with Gasteiger partial charge in [-0.2, -0.15) is 0 Å². The number of methoxy groups -OCH3 is 1. The third-order valence-corrected chi connectivity index (χ3v) is 4.60. The Kier molecular flexibility index (Phi) is 9.73. The number of nitrogens with zero attached hydrogens (tertiary/aromatic N) is 2. The minimum Gasteiger partial charge on any atom is -0.491 e. The molecule has 162 valence electrons. The Hall–Kier alpha value is -2.32. The van der Waals surface area contributed by atoms with Crippen LogP contribution in [0.1, 0.15) is 24.0 Å². The fraction of sp³-hybridized carbons (Fsp3) is 0.619. The molecule has 1 aliphatic heterocycles. The number of amides is 1. The maximum atomic E-state index is 11.9. The first kappa shape index (κ1) is 23.0. The molecule has 1 heterocycles. The van der Waals surface area contributed by atoms with E-state index in [2.05, 4.69) is 15.6 Å². The van der Waals surface area contributed by atoms with E-state index in [9.17, 15) is 4.79 Å². The lowest BCUT2D eigenvalue weighted by Crippen LogP contribution is -2.45. The monoisotopic (exact) mass is 406 g/mol. The van der Waals surface area contributed by atoms with Crippen molar-refractivity contribution in [3.8, 4) is 5.75 Å². The first-order chi connectivity index (χ1) is 14.0. The molecule has 1 saturated heterocycles. The number of rotatable bonds is 10. The molecule has 1 amide bonds. The fourth-order valence-corrected chi connectivity index (χ4v) is 2.83. The Morgan fingerprint density at radius 1 is 1.31 bits per heavy atom. The van der Waals surface area contributed by atoms with Crippen LogP contribution in [0.3, 0.4) is 0 Å². The number of carbonyl (C=O) groups is 1. The van der Waals surface area contributed by atoms with E-state index >= 15 is 0 Å². The second-order valence-corrected chi connectivity index (χ2v) is 7.27. The van der Waals surface area contributed by atoms with E-state index in [1.165, 1.54) is 0 Å². The van der Waals surface area contributed by atoms with Crippen molar-refractivity contribution in [2.45, 2.75) is 32.4 Å². The van der Waals surface area contributed by atoms with Gasteiger partial charge in [0, 0.05) is 39.9 Å². The van der Waals surface area contributed by atoms with Crippen molar-refractivity contribution in [3.63, 3.8) is 0 Å². The highest BCUT2D eigenvalue weighted by atomic mass is 16.5. The van der Waals surface area contributed by atoms with Crippen LogP contribution in [0.15, 0.2) is 23.2 Å². The molecule has 0 bridgehead atoms. The van der Waals surface area contributed by atoms with Gasteiger partial charge in [-0.1, -0.05) is 12.1 Å². The van der Waals surface area contributed by atoms with E-state index in [0.29, 0.717) is 32.3 Å². The predicted octanol–water partition coefficient (Wildman–Crippen LogP) is 1.32. The SMILES string of the molecule is COCCOc1cc(C)ccc1CN=C(NCC(=O)N(C)C)NCC1CCCO1. The topological polar surface area (TPSA) is 84.4 Å². The van der Waals surface area contributed by atoms with E-state index in [1.807, 2.05) is 25.1 Å². The van der Waals surface area contributed by atoms with Crippen LogP contribution >= 0.6 is 0 Å². The molecule has 0 radical (unpaired) electrons. The summed E-state index contributed by atoms with van der Waals surface area (Å²) in [7, 11) is 5.12. The molecule has 0 aromatic heterocycles. The van der Waals surface area contributed by atoms with Gasteiger partial charge in [0.15, 0.2) is 5.96 Å². The fourth-order valence-electron chi connectivity index (χ4n) is 2.83. The summed E-state index contributed by atoms with van der Waals surface area (Å²) >= 11 is 0. The van der Waals surface area contributed by atoms with Crippen LogP contribution in [-0.2, 0) is 20.8 Å². The number of hydrogen-bond donors (Lipinski definition) is 2. The van der Waals surface area contributed by atoms with Gasteiger partial charge in [0.1, 0.15) is 12.4 Å². The van der Waals surface area contributed by atoms with Crippen LogP contribution in [0, 0.1) is 6.92 Å².